The predicted octanol–water partition coefficient (Wildman–Crippen LogP) is 4.11. The third-order valence-corrected chi connectivity index (χ3v) is 5.84. The van der Waals surface area contributed by atoms with E-state index in [4.69, 9.17) is 4.42 Å². The van der Waals surface area contributed by atoms with Crippen LogP contribution in [0, 0.1) is 3.57 Å². The van der Waals surface area contributed by atoms with Gasteiger partial charge in [-0.05, 0) is 59.0 Å². The van der Waals surface area contributed by atoms with Crippen molar-refractivity contribution in [1.29, 1.82) is 0 Å². The Morgan fingerprint density at radius 1 is 1.04 bits per heavy atom. The van der Waals surface area contributed by atoms with Gasteiger partial charge in [0, 0.05) is 14.8 Å². The molecule has 1 amide bonds. The molecule has 3 aromatic rings. The van der Waals surface area contributed by atoms with Crippen molar-refractivity contribution in [2.24, 2.45) is 0 Å². The van der Waals surface area contributed by atoms with E-state index in [0.29, 0.717) is 11.3 Å². The van der Waals surface area contributed by atoms with Gasteiger partial charge in [0.05, 0.1) is 16.9 Å². The number of hydrogen-bond acceptors (Lipinski definition) is 4. The number of carbonyl (C=O) groups excluding carboxylic acids is 1. The summed E-state index contributed by atoms with van der Waals surface area (Å²) in [5.41, 5.74) is 0.942. The maximum absolute atomic E-state index is 12.5. The smallest absolute Gasteiger partial charge is 0.291 e. The molecule has 1 heterocycles. The van der Waals surface area contributed by atoms with Crippen LogP contribution in [0.2, 0.25) is 0 Å². The summed E-state index contributed by atoms with van der Waals surface area (Å²) in [6.45, 7) is 0. The van der Waals surface area contributed by atoms with E-state index in [1.54, 1.807) is 24.3 Å². The van der Waals surface area contributed by atoms with Crippen molar-refractivity contribution in [1.82, 2.24) is 0 Å². The van der Waals surface area contributed by atoms with Gasteiger partial charge in [-0.25, -0.2) is 8.42 Å². The lowest BCUT2D eigenvalue weighted by molar-refractivity contribution is 0.0996. The summed E-state index contributed by atoms with van der Waals surface area (Å²) in [6.07, 6.45) is 1.32. The van der Waals surface area contributed by atoms with Crippen LogP contribution in [-0.2, 0) is 15.6 Å². The van der Waals surface area contributed by atoms with Crippen LogP contribution in [0.15, 0.2) is 76.2 Å². The molecule has 0 bridgehead atoms. The van der Waals surface area contributed by atoms with Gasteiger partial charge >= 0.3 is 0 Å². The molecule has 1 aromatic heterocycles. The molecule has 1 N–H and O–H groups in total. The third-order valence-electron chi connectivity index (χ3n) is 3.48. The minimum absolute atomic E-state index is 0.00151. The zero-order valence-electron chi connectivity index (χ0n) is 13.0. The first kappa shape index (κ1) is 17.7. The topological polar surface area (TPSA) is 76.4 Å². The molecule has 3 rings (SSSR count). The van der Waals surface area contributed by atoms with Crippen LogP contribution in [0.25, 0.3) is 0 Å². The molecule has 0 aliphatic carbocycles. The fraction of sp³-hybridized carbons (Fsp3) is 0.0556. The Kier molecular flexibility index (Phi) is 5.24. The van der Waals surface area contributed by atoms with Gasteiger partial charge in [0.25, 0.3) is 5.91 Å². The number of hydrogen-bond donors (Lipinski definition) is 1. The summed E-state index contributed by atoms with van der Waals surface area (Å²) in [5.74, 6) is -0.786. The molecule has 128 valence electrons. The fourth-order valence-electron chi connectivity index (χ4n) is 2.32. The van der Waals surface area contributed by atoms with Crippen molar-refractivity contribution >= 4 is 44.0 Å². The first-order chi connectivity index (χ1) is 12.0. The molecular weight excluding hydrogens is 453 g/mol. The summed E-state index contributed by atoms with van der Waals surface area (Å²) in [5, 5.41) is 2.72. The van der Waals surface area contributed by atoms with E-state index in [-0.39, 0.29) is 16.4 Å². The maximum Gasteiger partial charge on any atom is 0.291 e. The average Bonchev–Trinajstić information content (AvgIpc) is 3.03. The number of anilines is 1. The number of nitrogens with one attached hydrogen (secondary N) is 1. The van der Waals surface area contributed by atoms with Crippen molar-refractivity contribution in [3.8, 4) is 0 Å². The van der Waals surface area contributed by atoms with Crippen LogP contribution < -0.4 is 5.32 Å². The number of rotatable bonds is 5. The van der Waals surface area contributed by atoms with Crippen molar-refractivity contribution in [2.75, 3.05) is 5.32 Å². The van der Waals surface area contributed by atoms with E-state index in [2.05, 4.69) is 27.9 Å². The summed E-state index contributed by atoms with van der Waals surface area (Å²) in [4.78, 5) is 12.6. The lowest BCUT2D eigenvalue weighted by Crippen LogP contribution is -2.14. The second-order valence-electron chi connectivity index (χ2n) is 5.31. The van der Waals surface area contributed by atoms with Crippen LogP contribution in [0.5, 0.6) is 0 Å². The minimum Gasteiger partial charge on any atom is -0.459 e. The lowest BCUT2D eigenvalue weighted by Gasteiger charge is -2.07. The molecule has 0 aliphatic rings. The Hall–Kier alpha value is -2.13. The Labute approximate surface area is 159 Å². The van der Waals surface area contributed by atoms with Gasteiger partial charge < -0.3 is 9.73 Å². The van der Waals surface area contributed by atoms with E-state index >= 15 is 0 Å². The van der Waals surface area contributed by atoms with Crippen molar-refractivity contribution in [3.05, 3.63) is 81.8 Å². The Balaban J connectivity index is 1.82. The molecule has 0 saturated carbocycles. The second-order valence-corrected chi connectivity index (χ2v) is 8.55. The SMILES string of the molecule is O=C(Nc1cccc(I)c1)c1occc1CS(=O)(=O)c1ccccc1. The number of carbonyl (C=O) groups is 1. The molecule has 0 aliphatic heterocycles. The standard InChI is InChI=1S/C18H14INO4S/c19-14-5-4-6-15(11-14)20-18(21)17-13(9-10-24-17)12-25(22,23)16-7-2-1-3-8-16/h1-11H,12H2,(H,20,21). The number of sulfone groups is 1. The average molecular weight is 467 g/mol. The van der Waals surface area contributed by atoms with E-state index < -0.39 is 15.7 Å². The van der Waals surface area contributed by atoms with Gasteiger partial charge in [0.15, 0.2) is 15.6 Å². The third kappa shape index (κ3) is 4.29. The van der Waals surface area contributed by atoms with Gasteiger partial charge in [-0.3, -0.25) is 4.79 Å². The molecule has 25 heavy (non-hydrogen) atoms. The van der Waals surface area contributed by atoms with Crippen LogP contribution in [0.1, 0.15) is 16.1 Å². The van der Waals surface area contributed by atoms with Gasteiger partial charge in [0.1, 0.15) is 0 Å². The number of amides is 1. The zero-order chi connectivity index (χ0) is 17.9. The summed E-state index contributed by atoms with van der Waals surface area (Å²) < 4.78 is 31.2. The highest BCUT2D eigenvalue weighted by atomic mass is 127. The van der Waals surface area contributed by atoms with Crippen LogP contribution >= 0.6 is 22.6 Å². The fourth-order valence-corrected chi connectivity index (χ4v) is 4.24. The summed E-state index contributed by atoms with van der Waals surface area (Å²) in [6, 6.07) is 16.9. The molecule has 0 spiro atoms. The first-order valence-electron chi connectivity index (χ1n) is 7.37. The molecule has 7 heteroatoms. The van der Waals surface area contributed by atoms with Crippen molar-refractivity contribution in [3.63, 3.8) is 0 Å². The zero-order valence-corrected chi connectivity index (χ0v) is 16.0. The quantitative estimate of drug-likeness (QED) is 0.574. The molecule has 0 radical (unpaired) electrons. The normalized spacial score (nSPS) is 11.2. The van der Waals surface area contributed by atoms with Gasteiger partial charge in [-0.2, -0.15) is 0 Å². The van der Waals surface area contributed by atoms with Gasteiger partial charge in [-0.1, -0.05) is 24.3 Å². The lowest BCUT2D eigenvalue weighted by atomic mass is 10.2. The number of benzene rings is 2. The molecule has 0 saturated heterocycles. The molecule has 5 nitrogen and oxygen atoms in total. The van der Waals surface area contributed by atoms with E-state index in [9.17, 15) is 13.2 Å². The van der Waals surface area contributed by atoms with E-state index in [0.717, 1.165) is 3.57 Å². The summed E-state index contributed by atoms with van der Waals surface area (Å²) >= 11 is 2.14. The summed E-state index contributed by atoms with van der Waals surface area (Å²) in [7, 11) is -3.56. The maximum atomic E-state index is 12.5. The molecule has 0 atom stereocenters. The second kappa shape index (κ2) is 7.40. The van der Waals surface area contributed by atoms with Crippen LogP contribution in [-0.4, -0.2) is 14.3 Å². The highest BCUT2D eigenvalue weighted by Crippen LogP contribution is 2.21. The molecule has 2 aromatic carbocycles. The highest BCUT2D eigenvalue weighted by molar-refractivity contribution is 14.1. The first-order valence-corrected chi connectivity index (χ1v) is 10.1. The minimum atomic E-state index is -3.56. The molecule has 0 unspecified atom stereocenters. The Morgan fingerprint density at radius 2 is 1.80 bits per heavy atom. The molecular formula is C18H14INO4S. The predicted molar refractivity (Wildman–Crippen MR) is 103 cm³/mol. The van der Waals surface area contributed by atoms with Crippen LogP contribution in [0.3, 0.4) is 0 Å². The Morgan fingerprint density at radius 3 is 2.52 bits per heavy atom. The van der Waals surface area contributed by atoms with Gasteiger partial charge in [-0.15, -0.1) is 0 Å². The van der Waals surface area contributed by atoms with Crippen molar-refractivity contribution < 1.29 is 17.6 Å². The van der Waals surface area contributed by atoms with E-state index in [1.165, 1.54) is 24.5 Å². The monoisotopic (exact) mass is 467 g/mol. The molecule has 0 fully saturated rings. The number of furan rings is 1. The highest BCUT2D eigenvalue weighted by Gasteiger charge is 2.22. The van der Waals surface area contributed by atoms with Gasteiger partial charge in [0.2, 0.25) is 0 Å². The van der Waals surface area contributed by atoms with Crippen LogP contribution in [0.4, 0.5) is 5.69 Å². The van der Waals surface area contributed by atoms with E-state index in [1.807, 2.05) is 18.2 Å². The number of halogens is 1. The van der Waals surface area contributed by atoms with Crippen molar-refractivity contribution in [2.45, 2.75) is 10.6 Å². The Bertz CT molecular complexity index is 997. The largest absolute Gasteiger partial charge is 0.459 e.